The summed E-state index contributed by atoms with van der Waals surface area (Å²) in [6.45, 7) is 3.27. The van der Waals surface area contributed by atoms with Crippen LogP contribution in [0.25, 0.3) is 10.2 Å². The first-order chi connectivity index (χ1) is 15.8. The first-order valence-corrected chi connectivity index (χ1v) is 11.7. The molecule has 1 saturated heterocycles. The van der Waals surface area contributed by atoms with E-state index in [0.717, 1.165) is 38.9 Å². The normalized spacial score (nSPS) is 18.8. The average Bonchev–Trinajstić information content (AvgIpc) is 3.49. The summed E-state index contributed by atoms with van der Waals surface area (Å²) >= 11 is 1.57. The monoisotopic (exact) mass is 480 g/mol. The standard InChI is InChI=1S/C20H23F3N8OS/c1-2-4-11-9-12-16(29-7-8-31-14(10-29)27-28-18(31)20(21,22)23)25-19(26-17(12)33-11)30-6-3-5-13(30)15(24)32/h9,13H,2-8,10H2,1H3,(H2,24,32)/t13-/m0/s1. The minimum absolute atomic E-state index is 0.0948. The van der Waals surface area contributed by atoms with E-state index >= 15 is 0 Å². The van der Waals surface area contributed by atoms with Gasteiger partial charge in [-0.15, -0.1) is 21.5 Å². The molecule has 0 aromatic carbocycles. The lowest BCUT2D eigenvalue weighted by Crippen LogP contribution is -2.41. The molecule has 5 heterocycles. The molecule has 1 fully saturated rings. The lowest BCUT2D eigenvalue weighted by molar-refractivity contribution is -0.147. The first kappa shape index (κ1) is 21.9. The Morgan fingerprint density at radius 2 is 2.06 bits per heavy atom. The molecule has 2 N–H and O–H groups in total. The van der Waals surface area contributed by atoms with Gasteiger partial charge in [-0.3, -0.25) is 4.79 Å². The van der Waals surface area contributed by atoms with Crippen LogP contribution >= 0.6 is 11.3 Å². The van der Waals surface area contributed by atoms with Gasteiger partial charge in [-0.2, -0.15) is 18.2 Å². The van der Waals surface area contributed by atoms with Crippen LogP contribution in [-0.4, -0.2) is 49.8 Å². The molecule has 1 amide bonds. The summed E-state index contributed by atoms with van der Waals surface area (Å²) in [6.07, 6.45) is -1.23. The molecule has 0 saturated carbocycles. The predicted molar refractivity (Wildman–Crippen MR) is 117 cm³/mol. The Bertz CT molecular complexity index is 1210. The number of nitrogens with two attached hydrogens (primary N) is 1. The lowest BCUT2D eigenvalue weighted by Gasteiger charge is -2.30. The summed E-state index contributed by atoms with van der Waals surface area (Å²) in [4.78, 5) is 27.2. The van der Waals surface area contributed by atoms with E-state index in [4.69, 9.17) is 15.7 Å². The third-order valence-electron chi connectivity index (χ3n) is 6.05. The van der Waals surface area contributed by atoms with Crippen LogP contribution in [0.2, 0.25) is 0 Å². The number of thiophene rings is 1. The van der Waals surface area contributed by atoms with Crippen LogP contribution in [0.4, 0.5) is 24.9 Å². The molecule has 3 aromatic rings. The molecule has 0 bridgehead atoms. The molecule has 2 aliphatic rings. The average molecular weight is 481 g/mol. The van der Waals surface area contributed by atoms with Crippen LogP contribution in [0.15, 0.2) is 6.07 Å². The molecule has 176 valence electrons. The SMILES string of the molecule is CCCc1cc2c(N3CCn4c(nnc4C(F)(F)F)C3)nc(N3CCC[C@H]3C(N)=O)nc2s1. The molecule has 33 heavy (non-hydrogen) atoms. The summed E-state index contributed by atoms with van der Waals surface area (Å²) < 4.78 is 40.8. The number of halogens is 3. The predicted octanol–water partition coefficient (Wildman–Crippen LogP) is 2.73. The molecule has 1 atom stereocenters. The van der Waals surface area contributed by atoms with Gasteiger partial charge in [0.15, 0.2) is 5.82 Å². The Kier molecular flexibility index (Phi) is 5.38. The number of hydrogen-bond acceptors (Lipinski definition) is 8. The van der Waals surface area contributed by atoms with Crippen molar-refractivity contribution in [3.63, 3.8) is 0 Å². The summed E-state index contributed by atoms with van der Waals surface area (Å²) in [5.74, 6) is -0.102. The van der Waals surface area contributed by atoms with Crippen molar-refractivity contribution < 1.29 is 18.0 Å². The number of primary amides is 1. The van der Waals surface area contributed by atoms with Crippen LogP contribution < -0.4 is 15.5 Å². The summed E-state index contributed by atoms with van der Waals surface area (Å²) in [5.41, 5.74) is 5.60. The van der Waals surface area contributed by atoms with Crippen LogP contribution in [0.1, 0.15) is 42.7 Å². The van der Waals surface area contributed by atoms with Gasteiger partial charge >= 0.3 is 6.18 Å². The third kappa shape index (κ3) is 3.87. The maximum Gasteiger partial charge on any atom is 0.451 e. The second kappa shape index (κ2) is 8.12. The smallest absolute Gasteiger partial charge is 0.368 e. The van der Waals surface area contributed by atoms with Gasteiger partial charge in [-0.1, -0.05) is 13.3 Å². The molecule has 9 nitrogen and oxygen atoms in total. The Morgan fingerprint density at radius 1 is 1.24 bits per heavy atom. The van der Waals surface area contributed by atoms with Crippen molar-refractivity contribution >= 4 is 39.2 Å². The zero-order valence-corrected chi connectivity index (χ0v) is 18.8. The Labute approximate surface area is 191 Å². The number of hydrogen-bond donors (Lipinski definition) is 1. The van der Waals surface area contributed by atoms with Gasteiger partial charge in [0.1, 0.15) is 16.7 Å². The quantitative estimate of drug-likeness (QED) is 0.599. The van der Waals surface area contributed by atoms with Crippen molar-refractivity contribution in [1.82, 2.24) is 24.7 Å². The number of rotatable bonds is 5. The fourth-order valence-electron chi connectivity index (χ4n) is 4.53. The zero-order chi connectivity index (χ0) is 23.3. The van der Waals surface area contributed by atoms with E-state index in [0.29, 0.717) is 31.3 Å². The number of nitrogens with zero attached hydrogens (tertiary/aromatic N) is 7. The van der Waals surface area contributed by atoms with Gasteiger partial charge in [-0.05, 0) is 25.3 Å². The number of amides is 1. The largest absolute Gasteiger partial charge is 0.451 e. The molecule has 13 heteroatoms. The number of aryl methyl sites for hydroxylation is 1. The van der Waals surface area contributed by atoms with E-state index in [9.17, 15) is 18.0 Å². The minimum atomic E-state index is -4.55. The molecule has 2 aliphatic heterocycles. The van der Waals surface area contributed by atoms with Crippen molar-refractivity contribution in [1.29, 1.82) is 0 Å². The maximum atomic E-state index is 13.2. The number of aromatic nitrogens is 5. The van der Waals surface area contributed by atoms with Crippen LogP contribution in [-0.2, 0) is 30.5 Å². The molecule has 3 aromatic heterocycles. The summed E-state index contributed by atoms with van der Waals surface area (Å²) in [5, 5.41) is 8.01. The van der Waals surface area contributed by atoms with Crippen LogP contribution in [0.5, 0.6) is 0 Å². The van der Waals surface area contributed by atoms with Gasteiger partial charge in [0.05, 0.1) is 11.9 Å². The molecular formula is C20H23F3N8OS. The second-order valence-corrected chi connectivity index (χ2v) is 9.41. The van der Waals surface area contributed by atoms with E-state index in [2.05, 4.69) is 23.2 Å². The van der Waals surface area contributed by atoms with E-state index in [-0.39, 0.29) is 18.9 Å². The van der Waals surface area contributed by atoms with Crippen LogP contribution in [0.3, 0.4) is 0 Å². The number of anilines is 2. The fourth-order valence-corrected chi connectivity index (χ4v) is 5.65. The summed E-state index contributed by atoms with van der Waals surface area (Å²) in [6, 6.07) is 1.59. The molecule has 0 unspecified atom stereocenters. The van der Waals surface area contributed by atoms with Crippen molar-refractivity contribution in [3.8, 4) is 0 Å². The first-order valence-electron chi connectivity index (χ1n) is 10.9. The van der Waals surface area contributed by atoms with Gasteiger partial charge in [0, 0.05) is 24.5 Å². The van der Waals surface area contributed by atoms with Crippen molar-refractivity contribution in [3.05, 3.63) is 22.6 Å². The number of carbonyl (C=O) groups excluding carboxylic acids is 1. The van der Waals surface area contributed by atoms with Crippen molar-refractivity contribution in [2.75, 3.05) is 22.9 Å². The van der Waals surface area contributed by atoms with E-state index in [1.807, 2.05) is 9.80 Å². The van der Waals surface area contributed by atoms with Gasteiger partial charge in [0.2, 0.25) is 17.7 Å². The second-order valence-electron chi connectivity index (χ2n) is 8.29. The Morgan fingerprint density at radius 3 is 2.79 bits per heavy atom. The molecule has 0 spiro atoms. The Hall–Kier alpha value is -2.96. The van der Waals surface area contributed by atoms with E-state index in [1.165, 1.54) is 0 Å². The van der Waals surface area contributed by atoms with E-state index < -0.39 is 23.9 Å². The molecule has 5 rings (SSSR count). The van der Waals surface area contributed by atoms with Gasteiger partial charge in [0.25, 0.3) is 0 Å². The van der Waals surface area contributed by atoms with Gasteiger partial charge < -0.3 is 20.1 Å². The summed E-state index contributed by atoms with van der Waals surface area (Å²) in [7, 11) is 0. The van der Waals surface area contributed by atoms with Crippen molar-refractivity contribution in [2.24, 2.45) is 5.73 Å². The third-order valence-corrected chi connectivity index (χ3v) is 7.14. The topological polar surface area (TPSA) is 106 Å². The van der Waals surface area contributed by atoms with Gasteiger partial charge in [-0.25, -0.2) is 4.98 Å². The van der Waals surface area contributed by atoms with Crippen LogP contribution in [0, 0.1) is 0 Å². The molecule has 0 aliphatic carbocycles. The van der Waals surface area contributed by atoms with Crippen molar-refractivity contribution in [2.45, 2.75) is 57.9 Å². The number of fused-ring (bicyclic) bond motifs is 2. The highest BCUT2D eigenvalue weighted by molar-refractivity contribution is 7.18. The molecule has 0 radical (unpaired) electrons. The fraction of sp³-hybridized carbons (Fsp3) is 0.550. The molecular weight excluding hydrogens is 457 g/mol. The highest BCUT2D eigenvalue weighted by Gasteiger charge is 2.40. The number of alkyl halides is 3. The highest BCUT2D eigenvalue weighted by atomic mass is 32.1. The number of carbonyl (C=O) groups is 1. The highest BCUT2D eigenvalue weighted by Crippen LogP contribution is 2.37. The van der Waals surface area contributed by atoms with E-state index in [1.54, 1.807) is 11.3 Å². The maximum absolute atomic E-state index is 13.2. The minimum Gasteiger partial charge on any atom is -0.368 e. The lowest BCUT2D eigenvalue weighted by atomic mass is 10.2. The Balaban J connectivity index is 1.56. The zero-order valence-electron chi connectivity index (χ0n) is 18.0.